The molecule has 0 amide bonds. The maximum absolute atomic E-state index is 5.56. The monoisotopic (exact) mass is 270 g/mol. The van der Waals surface area contributed by atoms with Gasteiger partial charge in [-0.1, -0.05) is 29.8 Å². The first-order valence-electron chi connectivity index (χ1n) is 5.99. The fraction of sp³-hybridized carbons (Fsp3) is 0.143. The van der Waals surface area contributed by atoms with Gasteiger partial charge in [0.2, 0.25) is 0 Å². The molecule has 0 saturated heterocycles. The Hall–Kier alpha value is -1.98. The van der Waals surface area contributed by atoms with E-state index in [1.54, 1.807) is 11.3 Å². The number of aryl methyl sites for hydroxylation is 2. The van der Waals surface area contributed by atoms with E-state index in [1.165, 1.54) is 10.4 Å². The highest BCUT2D eigenvalue weighted by atomic mass is 32.1. The van der Waals surface area contributed by atoms with Gasteiger partial charge < -0.3 is 5.43 Å². The van der Waals surface area contributed by atoms with Crippen molar-refractivity contribution in [2.24, 2.45) is 5.84 Å². The summed E-state index contributed by atoms with van der Waals surface area (Å²) in [5, 5.41) is 0.973. The summed E-state index contributed by atoms with van der Waals surface area (Å²) in [5.41, 5.74) is 4.87. The lowest BCUT2D eigenvalue weighted by Gasteiger charge is -2.05. The van der Waals surface area contributed by atoms with Gasteiger partial charge in [0.05, 0.1) is 5.39 Å². The maximum Gasteiger partial charge on any atom is 0.163 e. The van der Waals surface area contributed by atoms with Crippen LogP contribution >= 0.6 is 11.3 Å². The zero-order chi connectivity index (χ0) is 13.4. The molecule has 0 aliphatic rings. The Morgan fingerprint density at radius 1 is 1.11 bits per heavy atom. The van der Waals surface area contributed by atoms with Crippen LogP contribution < -0.4 is 11.3 Å². The third-order valence-electron chi connectivity index (χ3n) is 2.96. The van der Waals surface area contributed by atoms with Crippen LogP contribution in [0.4, 0.5) is 5.82 Å². The summed E-state index contributed by atoms with van der Waals surface area (Å²) < 4.78 is 0. The van der Waals surface area contributed by atoms with E-state index in [4.69, 9.17) is 5.84 Å². The van der Waals surface area contributed by atoms with Gasteiger partial charge in [-0.15, -0.1) is 11.3 Å². The minimum absolute atomic E-state index is 0.671. The van der Waals surface area contributed by atoms with Crippen molar-refractivity contribution in [3.8, 4) is 11.4 Å². The van der Waals surface area contributed by atoms with Crippen LogP contribution in [0.2, 0.25) is 0 Å². The number of fused-ring (bicyclic) bond motifs is 1. The molecule has 96 valence electrons. The highest BCUT2D eigenvalue weighted by molar-refractivity contribution is 7.18. The molecular weight excluding hydrogens is 256 g/mol. The molecule has 0 atom stereocenters. The summed E-state index contributed by atoms with van der Waals surface area (Å²) in [6.45, 7) is 4.11. The van der Waals surface area contributed by atoms with E-state index in [2.05, 4.69) is 41.4 Å². The highest BCUT2D eigenvalue weighted by Crippen LogP contribution is 2.30. The van der Waals surface area contributed by atoms with Gasteiger partial charge in [0.15, 0.2) is 11.6 Å². The smallest absolute Gasteiger partial charge is 0.163 e. The zero-order valence-electron chi connectivity index (χ0n) is 10.8. The molecule has 3 rings (SSSR count). The molecule has 0 aliphatic heterocycles. The summed E-state index contributed by atoms with van der Waals surface area (Å²) in [6, 6.07) is 10.2. The van der Waals surface area contributed by atoms with E-state index < -0.39 is 0 Å². The molecule has 0 spiro atoms. The normalized spacial score (nSPS) is 10.9. The van der Waals surface area contributed by atoms with E-state index >= 15 is 0 Å². The predicted octanol–water partition coefficient (Wildman–Crippen LogP) is 3.26. The first-order valence-corrected chi connectivity index (χ1v) is 6.81. The summed E-state index contributed by atoms with van der Waals surface area (Å²) in [7, 11) is 0. The Morgan fingerprint density at radius 2 is 1.84 bits per heavy atom. The molecule has 3 aromatic rings. The Kier molecular flexibility index (Phi) is 2.93. The Morgan fingerprint density at radius 3 is 2.53 bits per heavy atom. The highest BCUT2D eigenvalue weighted by Gasteiger charge is 2.10. The molecule has 2 heterocycles. The van der Waals surface area contributed by atoms with Crippen LogP contribution in [-0.4, -0.2) is 9.97 Å². The molecule has 0 radical (unpaired) electrons. The first kappa shape index (κ1) is 12.1. The maximum atomic E-state index is 5.56. The van der Waals surface area contributed by atoms with Gasteiger partial charge in [0, 0.05) is 10.4 Å². The Bertz CT molecular complexity index is 731. The topological polar surface area (TPSA) is 63.8 Å². The van der Waals surface area contributed by atoms with Crippen molar-refractivity contribution in [3.63, 3.8) is 0 Å². The number of nitrogens with two attached hydrogens (primary N) is 1. The number of hydrogen-bond donors (Lipinski definition) is 2. The molecular formula is C14H14N4S. The summed E-state index contributed by atoms with van der Waals surface area (Å²) in [4.78, 5) is 11.3. The van der Waals surface area contributed by atoms with E-state index in [1.807, 2.05) is 18.2 Å². The van der Waals surface area contributed by atoms with Crippen molar-refractivity contribution in [3.05, 3.63) is 40.8 Å². The lowest BCUT2D eigenvalue weighted by Crippen LogP contribution is -2.09. The number of anilines is 1. The molecule has 4 nitrogen and oxygen atoms in total. The van der Waals surface area contributed by atoms with Gasteiger partial charge in [-0.25, -0.2) is 15.8 Å². The molecule has 2 aromatic heterocycles. The number of rotatable bonds is 2. The standard InChI is InChI=1S/C14H14N4S/c1-8-3-5-10(6-4-8)12-16-13(18-15)11-7-9(2)19-14(11)17-12/h3-7H,15H2,1-2H3,(H,16,17,18). The molecule has 19 heavy (non-hydrogen) atoms. The molecule has 0 unspecified atom stereocenters. The van der Waals surface area contributed by atoms with Crippen molar-refractivity contribution in [1.82, 2.24) is 9.97 Å². The number of nitrogens with one attached hydrogen (secondary N) is 1. The molecule has 0 fully saturated rings. The largest absolute Gasteiger partial charge is 0.308 e. The molecule has 0 saturated carbocycles. The van der Waals surface area contributed by atoms with Crippen LogP contribution in [-0.2, 0) is 0 Å². The van der Waals surface area contributed by atoms with Crippen LogP contribution in [0.3, 0.4) is 0 Å². The minimum Gasteiger partial charge on any atom is -0.308 e. The number of hydrogen-bond acceptors (Lipinski definition) is 5. The van der Waals surface area contributed by atoms with Crippen LogP contribution in [0, 0.1) is 13.8 Å². The van der Waals surface area contributed by atoms with Gasteiger partial charge in [0.1, 0.15) is 4.83 Å². The third kappa shape index (κ3) is 2.18. The second-order valence-corrected chi connectivity index (χ2v) is 5.72. The molecule has 3 N–H and O–H groups in total. The predicted molar refractivity (Wildman–Crippen MR) is 80.1 cm³/mol. The van der Waals surface area contributed by atoms with Gasteiger partial charge in [-0.2, -0.15) is 0 Å². The average molecular weight is 270 g/mol. The number of nitrogen functional groups attached to an aromatic ring is 1. The van der Waals surface area contributed by atoms with E-state index in [9.17, 15) is 0 Å². The van der Waals surface area contributed by atoms with Crippen molar-refractivity contribution in [1.29, 1.82) is 0 Å². The van der Waals surface area contributed by atoms with E-state index in [0.717, 1.165) is 15.8 Å². The first-order chi connectivity index (χ1) is 9.17. The van der Waals surface area contributed by atoms with Crippen LogP contribution in [0.25, 0.3) is 21.6 Å². The summed E-state index contributed by atoms with van der Waals surface area (Å²) >= 11 is 1.65. The molecule has 0 aliphatic carbocycles. The van der Waals surface area contributed by atoms with Crippen molar-refractivity contribution >= 4 is 27.4 Å². The number of thiophene rings is 1. The minimum atomic E-state index is 0.671. The summed E-state index contributed by atoms with van der Waals surface area (Å²) in [6.07, 6.45) is 0. The number of nitrogens with zero attached hydrogens (tertiary/aromatic N) is 2. The van der Waals surface area contributed by atoms with Crippen LogP contribution in [0.5, 0.6) is 0 Å². The quantitative estimate of drug-likeness (QED) is 0.554. The number of aromatic nitrogens is 2. The van der Waals surface area contributed by atoms with E-state index in [-0.39, 0.29) is 0 Å². The Labute approximate surface area is 115 Å². The average Bonchev–Trinajstić information content (AvgIpc) is 2.78. The van der Waals surface area contributed by atoms with Gasteiger partial charge >= 0.3 is 0 Å². The Balaban J connectivity index is 2.21. The second-order valence-electron chi connectivity index (χ2n) is 4.48. The van der Waals surface area contributed by atoms with Gasteiger partial charge in [-0.05, 0) is 19.9 Å². The van der Waals surface area contributed by atoms with Crippen molar-refractivity contribution in [2.45, 2.75) is 13.8 Å². The van der Waals surface area contributed by atoms with Gasteiger partial charge in [0.25, 0.3) is 0 Å². The van der Waals surface area contributed by atoms with E-state index in [0.29, 0.717) is 11.6 Å². The number of benzene rings is 1. The fourth-order valence-electron chi connectivity index (χ4n) is 1.98. The van der Waals surface area contributed by atoms with Crippen LogP contribution in [0.1, 0.15) is 10.4 Å². The molecule has 0 bridgehead atoms. The SMILES string of the molecule is Cc1ccc(-c2nc(NN)c3cc(C)sc3n2)cc1. The lowest BCUT2D eigenvalue weighted by molar-refractivity contribution is 1.19. The second kappa shape index (κ2) is 4.60. The molecule has 1 aromatic carbocycles. The van der Waals surface area contributed by atoms with Crippen LogP contribution in [0.15, 0.2) is 30.3 Å². The number of hydrazine groups is 1. The third-order valence-corrected chi connectivity index (χ3v) is 3.91. The molecule has 5 heteroatoms. The van der Waals surface area contributed by atoms with Gasteiger partial charge in [-0.3, -0.25) is 0 Å². The summed E-state index contributed by atoms with van der Waals surface area (Å²) in [5.74, 6) is 6.93. The fourth-order valence-corrected chi connectivity index (χ4v) is 2.86. The van der Waals surface area contributed by atoms with Crippen molar-refractivity contribution in [2.75, 3.05) is 5.43 Å². The lowest BCUT2D eigenvalue weighted by atomic mass is 10.1. The zero-order valence-corrected chi connectivity index (χ0v) is 11.6. The van der Waals surface area contributed by atoms with Crippen molar-refractivity contribution < 1.29 is 0 Å².